The molecule has 0 spiro atoms. The molecule has 1 heterocycles. The second-order valence-corrected chi connectivity index (χ2v) is 6.49. The van der Waals surface area contributed by atoms with E-state index >= 15 is 0 Å². The lowest BCUT2D eigenvalue weighted by atomic mass is 9.97. The summed E-state index contributed by atoms with van der Waals surface area (Å²) >= 11 is 0. The van der Waals surface area contributed by atoms with Gasteiger partial charge in [0, 0.05) is 13.1 Å². The van der Waals surface area contributed by atoms with Crippen LogP contribution in [0, 0.1) is 0 Å². The maximum Gasteiger partial charge on any atom is 0.244 e. The quantitative estimate of drug-likeness (QED) is 0.651. The van der Waals surface area contributed by atoms with Crippen LogP contribution in [0.4, 0.5) is 11.8 Å². The van der Waals surface area contributed by atoms with Crippen molar-refractivity contribution in [1.82, 2.24) is 15.2 Å². The first-order chi connectivity index (χ1) is 13.3. The summed E-state index contributed by atoms with van der Waals surface area (Å²) in [5, 5.41) is 14.6. The summed E-state index contributed by atoms with van der Waals surface area (Å²) in [7, 11) is 3.26. The fourth-order valence-corrected chi connectivity index (χ4v) is 3.11. The Bertz CT molecular complexity index is 779. The van der Waals surface area contributed by atoms with Crippen molar-refractivity contribution in [2.24, 2.45) is 0 Å². The molecule has 0 unspecified atom stereocenters. The van der Waals surface area contributed by atoms with E-state index in [1.54, 1.807) is 20.4 Å². The number of benzene rings is 1. The molecule has 0 amide bonds. The Hall–Kier alpha value is -2.83. The number of methoxy groups -OCH3 is 2. The SMILES string of the molecule is COc1ccc(CNc2cnnc(NCCC3=CCCCC3)n2)cc1OC. The molecular formula is C20H27N5O2. The van der Waals surface area contributed by atoms with E-state index in [9.17, 15) is 0 Å². The van der Waals surface area contributed by atoms with E-state index in [0.29, 0.717) is 29.8 Å². The number of ether oxygens (including phenoxy) is 2. The standard InChI is InChI=1S/C20H27N5O2/c1-26-17-9-8-16(12-18(17)27-2)13-22-19-14-23-25-20(24-19)21-11-10-15-6-4-3-5-7-15/h6,8-9,12,14H,3-5,7,10-11,13H2,1-2H3,(H2,21,22,24,25). The summed E-state index contributed by atoms with van der Waals surface area (Å²) in [6.45, 7) is 1.43. The van der Waals surface area contributed by atoms with Crippen molar-refractivity contribution in [3.8, 4) is 11.5 Å². The lowest BCUT2D eigenvalue weighted by molar-refractivity contribution is 0.354. The summed E-state index contributed by atoms with van der Waals surface area (Å²) in [6, 6.07) is 5.82. The van der Waals surface area contributed by atoms with Gasteiger partial charge in [0.2, 0.25) is 5.95 Å². The van der Waals surface area contributed by atoms with Crippen molar-refractivity contribution in [2.45, 2.75) is 38.6 Å². The van der Waals surface area contributed by atoms with Crippen LogP contribution in [0.1, 0.15) is 37.7 Å². The molecule has 0 fully saturated rings. The maximum absolute atomic E-state index is 5.34. The van der Waals surface area contributed by atoms with Crippen molar-refractivity contribution < 1.29 is 9.47 Å². The molecular weight excluding hydrogens is 342 g/mol. The molecule has 1 aromatic carbocycles. The van der Waals surface area contributed by atoms with E-state index in [2.05, 4.69) is 31.9 Å². The summed E-state index contributed by atoms with van der Waals surface area (Å²) in [5.41, 5.74) is 2.59. The number of aromatic nitrogens is 3. The normalized spacial score (nSPS) is 13.6. The van der Waals surface area contributed by atoms with E-state index in [0.717, 1.165) is 18.5 Å². The average molecular weight is 369 g/mol. The Morgan fingerprint density at radius 2 is 1.96 bits per heavy atom. The van der Waals surface area contributed by atoms with Gasteiger partial charge in [0.15, 0.2) is 17.3 Å². The van der Waals surface area contributed by atoms with Crippen molar-refractivity contribution >= 4 is 11.8 Å². The highest BCUT2D eigenvalue weighted by molar-refractivity contribution is 5.44. The van der Waals surface area contributed by atoms with E-state index in [-0.39, 0.29) is 0 Å². The zero-order valence-electron chi connectivity index (χ0n) is 16.0. The molecule has 0 aliphatic heterocycles. The summed E-state index contributed by atoms with van der Waals surface area (Å²) < 4.78 is 10.6. The van der Waals surface area contributed by atoms with Crippen LogP contribution in [0.15, 0.2) is 36.0 Å². The van der Waals surface area contributed by atoms with Gasteiger partial charge in [-0.05, 0) is 49.8 Å². The van der Waals surface area contributed by atoms with E-state index in [1.807, 2.05) is 18.2 Å². The Balaban J connectivity index is 1.52. The van der Waals surface area contributed by atoms with Crippen LogP contribution in [-0.2, 0) is 6.54 Å². The van der Waals surface area contributed by atoms with Gasteiger partial charge >= 0.3 is 0 Å². The van der Waals surface area contributed by atoms with Crippen LogP contribution in [0.5, 0.6) is 11.5 Å². The van der Waals surface area contributed by atoms with E-state index in [1.165, 1.54) is 31.3 Å². The monoisotopic (exact) mass is 369 g/mol. The zero-order valence-corrected chi connectivity index (χ0v) is 16.0. The minimum Gasteiger partial charge on any atom is -0.493 e. The van der Waals surface area contributed by atoms with Gasteiger partial charge in [-0.2, -0.15) is 10.1 Å². The summed E-state index contributed by atoms with van der Waals surface area (Å²) in [4.78, 5) is 4.48. The lowest BCUT2D eigenvalue weighted by Gasteiger charge is -2.13. The van der Waals surface area contributed by atoms with Crippen molar-refractivity contribution in [1.29, 1.82) is 0 Å². The van der Waals surface area contributed by atoms with Gasteiger partial charge in [0.25, 0.3) is 0 Å². The van der Waals surface area contributed by atoms with E-state index in [4.69, 9.17) is 9.47 Å². The molecule has 0 atom stereocenters. The maximum atomic E-state index is 5.34. The molecule has 3 rings (SSSR count). The third-order valence-corrected chi connectivity index (χ3v) is 4.59. The molecule has 1 aliphatic carbocycles. The number of hydrogen-bond acceptors (Lipinski definition) is 7. The largest absolute Gasteiger partial charge is 0.493 e. The summed E-state index contributed by atoms with van der Waals surface area (Å²) in [5.74, 6) is 2.64. The number of allylic oxidation sites excluding steroid dienone is 1. The Kier molecular flexibility index (Phi) is 6.84. The average Bonchev–Trinajstić information content (AvgIpc) is 2.73. The first-order valence-corrected chi connectivity index (χ1v) is 9.35. The van der Waals surface area contributed by atoms with Gasteiger partial charge in [-0.3, -0.25) is 0 Å². The van der Waals surface area contributed by atoms with Crippen LogP contribution in [0.3, 0.4) is 0 Å². The Morgan fingerprint density at radius 3 is 2.74 bits per heavy atom. The molecule has 144 valence electrons. The van der Waals surface area contributed by atoms with Crippen molar-refractivity contribution in [3.05, 3.63) is 41.6 Å². The number of nitrogens with one attached hydrogen (secondary N) is 2. The Labute approximate surface area is 160 Å². The first-order valence-electron chi connectivity index (χ1n) is 9.35. The number of anilines is 2. The van der Waals surface area contributed by atoms with Crippen molar-refractivity contribution in [3.63, 3.8) is 0 Å². The van der Waals surface area contributed by atoms with Gasteiger partial charge in [-0.25, -0.2) is 0 Å². The highest BCUT2D eigenvalue weighted by Crippen LogP contribution is 2.27. The highest BCUT2D eigenvalue weighted by atomic mass is 16.5. The number of hydrogen-bond donors (Lipinski definition) is 2. The lowest BCUT2D eigenvalue weighted by Crippen LogP contribution is -2.10. The van der Waals surface area contributed by atoms with Gasteiger partial charge in [-0.15, -0.1) is 5.10 Å². The molecule has 7 nitrogen and oxygen atoms in total. The molecule has 0 radical (unpaired) electrons. The van der Waals surface area contributed by atoms with E-state index < -0.39 is 0 Å². The molecule has 2 N–H and O–H groups in total. The molecule has 0 saturated carbocycles. The zero-order chi connectivity index (χ0) is 18.9. The highest BCUT2D eigenvalue weighted by Gasteiger charge is 2.06. The minimum absolute atomic E-state index is 0.545. The van der Waals surface area contributed by atoms with Gasteiger partial charge < -0.3 is 20.1 Å². The molecule has 27 heavy (non-hydrogen) atoms. The van der Waals surface area contributed by atoms with Crippen LogP contribution >= 0.6 is 0 Å². The minimum atomic E-state index is 0.545. The van der Waals surface area contributed by atoms with Crippen LogP contribution in [0.2, 0.25) is 0 Å². The molecule has 2 aromatic rings. The van der Waals surface area contributed by atoms with Crippen molar-refractivity contribution in [2.75, 3.05) is 31.4 Å². The third-order valence-electron chi connectivity index (χ3n) is 4.59. The first kappa shape index (κ1) is 18.9. The number of rotatable bonds is 9. The fourth-order valence-electron chi connectivity index (χ4n) is 3.11. The van der Waals surface area contributed by atoms with Gasteiger partial charge in [0.1, 0.15) is 0 Å². The second-order valence-electron chi connectivity index (χ2n) is 6.49. The van der Waals surface area contributed by atoms with Gasteiger partial charge in [0.05, 0.1) is 20.4 Å². The molecule has 7 heteroatoms. The summed E-state index contributed by atoms with van der Waals surface area (Å²) in [6.07, 6.45) is 10.1. The fraction of sp³-hybridized carbons (Fsp3) is 0.450. The van der Waals surface area contributed by atoms with Crippen LogP contribution in [0.25, 0.3) is 0 Å². The van der Waals surface area contributed by atoms with Crippen LogP contribution in [-0.4, -0.2) is 35.9 Å². The second kappa shape index (κ2) is 9.75. The van der Waals surface area contributed by atoms with Gasteiger partial charge in [-0.1, -0.05) is 17.7 Å². The third kappa shape index (κ3) is 5.57. The molecule has 0 bridgehead atoms. The predicted molar refractivity (Wildman–Crippen MR) is 106 cm³/mol. The number of nitrogens with zero attached hydrogens (tertiary/aromatic N) is 3. The van der Waals surface area contributed by atoms with Crippen LogP contribution < -0.4 is 20.1 Å². The molecule has 1 aromatic heterocycles. The smallest absolute Gasteiger partial charge is 0.244 e. The Morgan fingerprint density at radius 1 is 1.07 bits per heavy atom. The molecule has 0 saturated heterocycles. The molecule has 1 aliphatic rings. The predicted octanol–water partition coefficient (Wildman–Crippen LogP) is 3.80. The topological polar surface area (TPSA) is 81.2 Å².